The summed E-state index contributed by atoms with van der Waals surface area (Å²) in [5.74, 6) is -0.525. The van der Waals surface area contributed by atoms with Gasteiger partial charge < -0.3 is 20.0 Å². The van der Waals surface area contributed by atoms with Crippen molar-refractivity contribution < 1.29 is 14.3 Å². The molecule has 0 bridgehead atoms. The number of H-pyrrole nitrogens is 2. The fourth-order valence-electron chi connectivity index (χ4n) is 3.42. The Bertz CT molecular complexity index is 1260. The summed E-state index contributed by atoms with van der Waals surface area (Å²) in [5.41, 5.74) is 3.84. The number of rotatable bonds is 6. The van der Waals surface area contributed by atoms with E-state index in [-0.39, 0.29) is 18.5 Å². The van der Waals surface area contributed by atoms with Gasteiger partial charge in [-0.15, -0.1) is 0 Å². The number of carbonyl (C=O) groups excluding carboxylic acids is 2. The second kappa shape index (κ2) is 8.53. The largest absolute Gasteiger partial charge is 0.466 e. The Morgan fingerprint density at radius 3 is 2.73 bits per heavy atom. The molecule has 6 nitrogen and oxygen atoms in total. The molecular formula is C22H19BrClN3O3. The molecule has 0 atom stereocenters. The van der Waals surface area contributed by atoms with Crippen LogP contribution in [-0.2, 0) is 9.53 Å². The third-order valence-corrected chi connectivity index (χ3v) is 5.48. The molecule has 0 saturated heterocycles. The van der Waals surface area contributed by atoms with Crippen molar-refractivity contribution >= 4 is 61.2 Å². The lowest BCUT2D eigenvalue weighted by molar-refractivity contribution is -0.140. The average molecular weight is 489 g/mol. The van der Waals surface area contributed by atoms with E-state index in [1.807, 2.05) is 42.5 Å². The van der Waals surface area contributed by atoms with Gasteiger partial charge in [-0.2, -0.15) is 0 Å². The number of aromatic amines is 2. The van der Waals surface area contributed by atoms with E-state index in [0.717, 1.165) is 32.0 Å². The van der Waals surface area contributed by atoms with E-state index in [1.54, 1.807) is 0 Å². The summed E-state index contributed by atoms with van der Waals surface area (Å²) in [6, 6.07) is 13.3. The number of benzene rings is 2. The van der Waals surface area contributed by atoms with Gasteiger partial charge in [0, 0.05) is 44.8 Å². The molecule has 8 heteroatoms. The van der Waals surface area contributed by atoms with Gasteiger partial charge in [0.2, 0.25) is 0 Å². The summed E-state index contributed by atoms with van der Waals surface area (Å²) >= 11 is 9.60. The minimum atomic E-state index is -0.329. The van der Waals surface area contributed by atoms with Crippen LogP contribution in [0.15, 0.2) is 46.9 Å². The maximum Gasteiger partial charge on any atom is 0.302 e. The van der Waals surface area contributed by atoms with Gasteiger partial charge in [0.05, 0.1) is 23.6 Å². The monoisotopic (exact) mass is 487 g/mol. The standard InChI is InChI=1S/C22H19BrClN3O3/c1-12(28)30-8-2-7-25-22(29)20-16-5-3-14(23)11-18(16)27-21(20)19-10-13-9-15(24)4-6-17(13)26-19/h3-6,9-11,26-27H,2,7-8H2,1H3,(H,25,29). The Labute approximate surface area is 186 Å². The Kier molecular flexibility index (Phi) is 5.83. The van der Waals surface area contributed by atoms with E-state index < -0.39 is 0 Å². The number of nitrogens with one attached hydrogen (secondary N) is 3. The van der Waals surface area contributed by atoms with Crippen molar-refractivity contribution in [2.24, 2.45) is 0 Å². The number of esters is 1. The molecule has 2 heterocycles. The van der Waals surface area contributed by atoms with Crippen LogP contribution in [0.5, 0.6) is 0 Å². The fraction of sp³-hybridized carbons (Fsp3) is 0.182. The maximum atomic E-state index is 13.1. The maximum absolute atomic E-state index is 13.1. The van der Waals surface area contributed by atoms with E-state index in [4.69, 9.17) is 16.3 Å². The molecule has 2 aromatic carbocycles. The van der Waals surface area contributed by atoms with Gasteiger partial charge in [0.25, 0.3) is 5.91 Å². The summed E-state index contributed by atoms with van der Waals surface area (Å²) in [6.07, 6.45) is 0.541. The fourth-order valence-corrected chi connectivity index (χ4v) is 3.97. The van der Waals surface area contributed by atoms with Crippen LogP contribution in [0.3, 0.4) is 0 Å². The molecule has 1 amide bonds. The van der Waals surface area contributed by atoms with E-state index in [2.05, 4.69) is 31.2 Å². The summed E-state index contributed by atoms with van der Waals surface area (Å²) in [4.78, 5) is 30.7. The molecule has 3 N–H and O–H groups in total. The minimum Gasteiger partial charge on any atom is -0.466 e. The topological polar surface area (TPSA) is 87.0 Å². The lowest BCUT2D eigenvalue weighted by Gasteiger charge is -2.07. The van der Waals surface area contributed by atoms with Gasteiger partial charge in [-0.1, -0.05) is 33.6 Å². The van der Waals surface area contributed by atoms with E-state index in [0.29, 0.717) is 29.2 Å². The zero-order valence-corrected chi connectivity index (χ0v) is 18.5. The summed E-state index contributed by atoms with van der Waals surface area (Å²) in [7, 11) is 0. The summed E-state index contributed by atoms with van der Waals surface area (Å²) < 4.78 is 5.83. The van der Waals surface area contributed by atoms with Gasteiger partial charge >= 0.3 is 5.97 Å². The third-order valence-electron chi connectivity index (χ3n) is 4.75. The molecule has 154 valence electrons. The van der Waals surface area contributed by atoms with E-state index in [1.165, 1.54) is 6.92 Å². The Hall–Kier alpha value is -2.77. The van der Waals surface area contributed by atoms with Crippen molar-refractivity contribution in [3.63, 3.8) is 0 Å². The van der Waals surface area contributed by atoms with Crippen LogP contribution in [0.2, 0.25) is 5.02 Å². The molecule has 2 aromatic heterocycles. The highest BCUT2D eigenvalue weighted by atomic mass is 79.9. The molecule has 0 aliphatic carbocycles. The molecule has 0 fully saturated rings. The van der Waals surface area contributed by atoms with Crippen molar-refractivity contribution in [1.29, 1.82) is 0 Å². The first-order chi connectivity index (χ1) is 14.4. The van der Waals surface area contributed by atoms with Crippen LogP contribution in [0.25, 0.3) is 33.2 Å². The van der Waals surface area contributed by atoms with Gasteiger partial charge in [-0.05, 0) is 42.8 Å². The van der Waals surface area contributed by atoms with Gasteiger partial charge in [-0.3, -0.25) is 9.59 Å². The summed E-state index contributed by atoms with van der Waals surface area (Å²) in [5, 5.41) is 5.36. The van der Waals surface area contributed by atoms with Crippen LogP contribution in [0.1, 0.15) is 23.7 Å². The van der Waals surface area contributed by atoms with Crippen LogP contribution < -0.4 is 5.32 Å². The normalized spacial score (nSPS) is 11.2. The number of halogens is 2. The lowest BCUT2D eigenvalue weighted by atomic mass is 10.1. The second-order valence-corrected chi connectivity index (χ2v) is 8.28. The number of aromatic nitrogens is 2. The first-order valence-corrected chi connectivity index (χ1v) is 10.6. The highest BCUT2D eigenvalue weighted by molar-refractivity contribution is 9.10. The Morgan fingerprint density at radius 2 is 1.93 bits per heavy atom. The van der Waals surface area contributed by atoms with Crippen molar-refractivity contribution in [2.45, 2.75) is 13.3 Å². The molecule has 0 aliphatic heterocycles. The molecule has 0 radical (unpaired) electrons. The van der Waals surface area contributed by atoms with E-state index in [9.17, 15) is 9.59 Å². The van der Waals surface area contributed by atoms with Crippen LogP contribution >= 0.6 is 27.5 Å². The quantitative estimate of drug-likeness (QED) is 0.250. The predicted octanol–water partition coefficient (Wildman–Crippen LogP) is 5.42. The highest BCUT2D eigenvalue weighted by Gasteiger charge is 2.21. The first kappa shape index (κ1) is 20.5. The molecular weight excluding hydrogens is 470 g/mol. The Balaban J connectivity index is 1.69. The number of fused-ring (bicyclic) bond motifs is 2. The number of hydrogen-bond donors (Lipinski definition) is 3. The van der Waals surface area contributed by atoms with Crippen LogP contribution in [0, 0.1) is 0 Å². The summed E-state index contributed by atoms with van der Waals surface area (Å²) in [6.45, 7) is 2.03. The minimum absolute atomic E-state index is 0.196. The Morgan fingerprint density at radius 1 is 1.10 bits per heavy atom. The lowest BCUT2D eigenvalue weighted by Crippen LogP contribution is -2.25. The van der Waals surface area contributed by atoms with E-state index >= 15 is 0 Å². The van der Waals surface area contributed by atoms with Crippen molar-refractivity contribution in [1.82, 2.24) is 15.3 Å². The first-order valence-electron chi connectivity index (χ1n) is 9.44. The van der Waals surface area contributed by atoms with Crippen molar-refractivity contribution in [3.05, 3.63) is 57.5 Å². The molecule has 0 unspecified atom stereocenters. The van der Waals surface area contributed by atoms with Crippen LogP contribution in [0.4, 0.5) is 0 Å². The van der Waals surface area contributed by atoms with Gasteiger partial charge in [0.1, 0.15) is 0 Å². The molecule has 0 saturated carbocycles. The number of carbonyl (C=O) groups is 2. The molecule has 4 rings (SSSR count). The molecule has 4 aromatic rings. The molecule has 0 aliphatic rings. The predicted molar refractivity (Wildman–Crippen MR) is 122 cm³/mol. The number of amides is 1. The SMILES string of the molecule is CC(=O)OCCCNC(=O)c1c(-c2cc3cc(Cl)ccc3[nH]2)[nH]c2cc(Br)ccc12. The van der Waals surface area contributed by atoms with Crippen molar-refractivity contribution in [2.75, 3.05) is 13.2 Å². The van der Waals surface area contributed by atoms with Gasteiger partial charge in [-0.25, -0.2) is 0 Å². The van der Waals surface area contributed by atoms with Crippen molar-refractivity contribution in [3.8, 4) is 11.4 Å². The zero-order chi connectivity index (χ0) is 21.3. The highest BCUT2D eigenvalue weighted by Crippen LogP contribution is 2.33. The van der Waals surface area contributed by atoms with Gasteiger partial charge in [0.15, 0.2) is 0 Å². The molecule has 30 heavy (non-hydrogen) atoms. The smallest absolute Gasteiger partial charge is 0.302 e. The number of ether oxygens (including phenoxy) is 1. The number of hydrogen-bond acceptors (Lipinski definition) is 3. The second-order valence-electron chi connectivity index (χ2n) is 6.93. The zero-order valence-electron chi connectivity index (χ0n) is 16.1. The molecule has 0 spiro atoms. The third kappa shape index (κ3) is 4.22. The average Bonchev–Trinajstić information content (AvgIpc) is 3.27. The van der Waals surface area contributed by atoms with Crippen LogP contribution in [-0.4, -0.2) is 35.0 Å².